The van der Waals surface area contributed by atoms with Crippen LogP contribution in [0.5, 0.6) is 0 Å². The molecule has 76 valence electrons. The minimum atomic E-state index is -1.15. The lowest BCUT2D eigenvalue weighted by molar-refractivity contribution is 0.0680. The summed E-state index contributed by atoms with van der Waals surface area (Å²) >= 11 is 5.91. The summed E-state index contributed by atoms with van der Waals surface area (Å²) in [5.41, 5.74) is 0.495. The minimum absolute atomic E-state index is 0.164. The number of hydrogen-bond acceptors (Lipinski definition) is 3. The Bertz CT molecular complexity index is 510. The van der Waals surface area contributed by atoms with Crippen LogP contribution in [0.25, 0.3) is 5.69 Å². The van der Waals surface area contributed by atoms with Crippen molar-refractivity contribution in [2.45, 2.75) is 0 Å². The first-order valence-electron chi connectivity index (χ1n) is 4.08. The first-order valence-corrected chi connectivity index (χ1v) is 4.46. The van der Waals surface area contributed by atoms with Gasteiger partial charge in [0, 0.05) is 0 Å². The molecule has 0 spiro atoms. The highest BCUT2D eigenvalue weighted by atomic mass is 35.5. The standard InChI is InChI=1S/C9H6ClN3O2/c10-6-3-1-2-4-7(6)13-8(9(14)15)11-5-12-13/h1-5H,(H,14,15). The van der Waals surface area contributed by atoms with E-state index in [0.29, 0.717) is 10.7 Å². The van der Waals surface area contributed by atoms with Gasteiger partial charge >= 0.3 is 5.97 Å². The van der Waals surface area contributed by atoms with Gasteiger partial charge in [-0.15, -0.1) is 0 Å². The highest BCUT2D eigenvalue weighted by Gasteiger charge is 2.14. The molecule has 0 fully saturated rings. The fourth-order valence-corrected chi connectivity index (χ4v) is 1.40. The van der Waals surface area contributed by atoms with Crippen LogP contribution in [0.15, 0.2) is 30.6 Å². The summed E-state index contributed by atoms with van der Waals surface area (Å²) in [5.74, 6) is -1.31. The van der Waals surface area contributed by atoms with Gasteiger partial charge in [0.2, 0.25) is 5.82 Å². The van der Waals surface area contributed by atoms with Crippen LogP contribution < -0.4 is 0 Å². The van der Waals surface area contributed by atoms with Crippen LogP contribution in [-0.4, -0.2) is 25.8 Å². The zero-order valence-corrected chi connectivity index (χ0v) is 8.22. The lowest BCUT2D eigenvalue weighted by Crippen LogP contribution is -2.09. The lowest BCUT2D eigenvalue weighted by Gasteiger charge is -2.04. The Kier molecular flexibility index (Phi) is 2.39. The van der Waals surface area contributed by atoms with Crippen molar-refractivity contribution in [2.75, 3.05) is 0 Å². The zero-order chi connectivity index (χ0) is 10.8. The van der Waals surface area contributed by atoms with Gasteiger partial charge in [0.25, 0.3) is 0 Å². The maximum atomic E-state index is 10.8. The van der Waals surface area contributed by atoms with Crippen molar-refractivity contribution in [3.05, 3.63) is 41.4 Å². The molecule has 0 aliphatic carbocycles. The van der Waals surface area contributed by atoms with Crippen molar-refractivity contribution in [1.82, 2.24) is 14.8 Å². The molecule has 1 heterocycles. The Morgan fingerprint density at radius 2 is 2.13 bits per heavy atom. The van der Waals surface area contributed by atoms with Crippen molar-refractivity contribution in [3.63, 3.8) is 0 Å². The van der Waals surface area contributed by atoms with Crippen LogP contribution in [0.1, 0.15) is 10.6 Å². The molecule has 0 saturated carbocycles. The van der Waals surface area contributed by atoms with Crippen LogP contribution in [0.2, 0.25) is 5.02 Å². The van der Waals surface area contributed by atoms with E-state index in [2.05, 4.69) is 10.1 Å². The second-order valence-electron chi connectivity index (χ2n) is 2.75. The summed E-state index contributed by atoms with van der Waals surface area (Å²) in [6.45, 7) is 0. The van der Waals surface area contributed by atoms with E-state index in [1.807, 2.05) is 0 Å². The van der Waals surface area contributed by atoms with Gasteiger partial charge in [-0.05, 0) is 12.1 Å². The molecular weight excluding hydrogens is 218 g/mol. The van der Waals surface area contributed by atoms with Crippen LogP contribution >= 0.6 is 11.6 Å². The molecule has 2 rings (SSSR count). The minimum Gasteiger partial charge on any atom is -0.475 e. The smallest absolute Gasteiger partial charge is 0.374 e. The second kappa shape index (κ2) is 3.70. The molecule has 0 amide bonds. The first kappa shape index (κ1) is 9.67. The van der Waals surface area contributed by atoms with Crippen molar-refractivity contribution in [1.29, 1.82) is 0 Å². The molecule has 0 saturated heterocycles. The third kappa shape index (κ3) is 1.69. The quantitative estimate of drug-likeness (QED) is 0.840. The number of benzene rings is 1. The van der Waals surface area contributed by atoms with E-state index >= 15 is 0 Å². The molecule has 6 heteroatoms. The number of aromatic nitrogens is 3. The van der Waals surface area contributed by atoms with Crippen LogP contribution in [0.4, 0.5) is 0 Å². The molecule has 0 aliphatic heterocycles. The molecule has 0 bridgehead atoms. The van der Waals surface area contributed by atoms with E-state index < -0.39 is 5.97 Å². The number of carbonyl (C=O) groups is 1. The van der Waals surface area contributed by atoms with Gasteiger partial charge in [0.05, 0.1) is 10.7 Å². The summed E-state index contributed by atoms with van der Waals surface area (Å²) in [5, 5.41) is 13.1. The summed E-state index contributed by atoms with van der Waals surface area (Å²) in [7, 11) is 0. The van der Waals surface area contributed by atoms with Gasteiger partial charge in [0.15, 0.2) is 0 Å². The first-order chi connectivity index (χ1) is 7.20. The Balaban J connectivity index is 2.59. The number of para-hydroxylation sites is 1. The second-order valence-corrected chi connectivity index (χ2v) is 3.16. The van der Waals surface area contributed by atoms with E-state index in [1.54, 1.807) is 24.3 Å². The molecule has 2 aromatic rings. The fraction of sp³-hybridized carbons (Fsp3) is 0. The van der Waals surface area contributed by atoms with E-state index in [1.165, 1.54) is 11.0 Å². The molecular formula is C9H6ClN3O2. The molecule has 0 unspecified atom stereocenters. The Morgan fingerprint density at radius 3 is 2.80 bits per heavy atom. The predicted octanol–water partition coefficient (Wildman–Crippen LogP) is 1.62. The number of hydrogen-bond donors (Lipinski definition) is 1. The van der Waals surface area contributed by atoms with E-state index in [4.69, 9.17) is 16.7 Å². The third-order valence-corrected chi connectivity index (χ3v) is 2.14. The van der Waals surface area contributed by atoms with Gasteiger partial charge in [-0.25, -0.2) is 14.5 Å². The van der Waals surface area contributed by atoms with Gasteiger partial charge in [0.1, 0.15) is 6.33 Å². The van der Waals surface area contributed by atoms with Crippen LogP contribution in [-0.2, 0) is 0 Å². The van der Waals surface area contributed by atoms with Gasteiger partial charge < -0.3 is 5.11 Å². The van der Waals surface area contributed by atoms with Gasteiger partial charge in [-0.2, -0.15) is 5.10 Å². The molecule has 0 atom stereocenters. The summed E-state index contributed by atoms with van der Waals surface area (Å²) in [4.78, 5) is 14.4. The average Bonchev–Trinajstić information content (AvgIpc) is 2.67. The van der Waals surface area contributed by atoms with Crippen molar-refractivity contribution >= 4 is 17.6 Å². The maximum Gasteiger partial charge on any atom is 0.374 e. The maximum absolute atomic E-state index is 10.8. The molecule has 5 nitrogen and oxygen atoms in total. The van der Waals surface area contributed by atoms with Crippen molar-refractivity contribution < 1.29 is 9.90 Å². The van der Waals surface area contributed by atoms with Gasteiger partial charge in [-0.3, -0.25) is 0 Å². The fourth-order valence-electron chi connectivity index (χ4n) is 1.19. The zero-order valence-electron chi connectivity index (χ0n) is 7.46. The number of halogens is 1. The summed E-state index contributed by atoms with van der Waals surface area (Å²) in [6.07, 6.45) is 1.17. The molecule has 0 radical (unpaired) electrons. The normalized spacial score (nSPS) is 10.2. The Morgan fingerprint density at radius 1 is 1.40 bits per heavy atom. The number of nitrogens with zero attached hydrogens (tertiary/aromatic N) is 3. The molecule has 1 N–H and O–H groups in total. The molecule has 1 aromatic heterocycles. The lowest BCUT2D eigenvalue weighted by atomic mass is 10.3. The highest BCUT2D eigenvalue weighted by molar-refractivity contribution is 6.32. The van der Waals surface area contributed by atoms with Crippen LogP contribution in [0.3, 0.4) is 0 Å². The van der Waals surface area contributed by atoms with Gasteiger partial charge in [-0.1, -0.05) is 23.7 Å². The number of rotatable bonds is 2. The molecule has 15 heavy (non-hydrogen) atoms. The Hall–Kier alpha value is -1.88. The highest BCUT2D eigenvalue weighted by Crippen LogP contribution is 2.19. The predicted molar refractivity (Wildman–Crippen MR) is 53.3 cm³/mol. The largest absolute Gasteiger partial charge is 0.475 e. The van der Waals surface area contributed by atoms with Crippen molar-refractivity contribution in [3.8, 4) is 5.69 Å². The monoisotopic (exact) mass is 223 g/mol. The summed E-state index contributed by atoms with van der Waals surface area (Å²) < 4.78 is 1.19. The molecule has 1 aromatic carbocycles. The van der Waals surface area contributed by atoms with Crippen molar-refractivity contribution in [2.24, 2.45) is 0 Å². The third-order valence-electron chi connectivity index (χ3n) is 1.82. The average molecular weight is 224 g/mol. The number of aromatic carboxylic acids is 1. The Labute approximate surface area is 89.9 Å². The van der Waals surface area contributed by atoms with E-state index in [-0.39, 0.29) is 5.82 Å². The van der Waals surface area contributed by atoms with E-state index in [0.717, 1.165) is 0 Å². The van der Waals surface area contributed by atoms with Crippen LogP contribution in [0, 0.1) is 0 Å². The summed E-state index contributed by atoms with van der Waals surface area (Å²) in [6, 6.07) is 6.82. The SMILES string of the molecule is O=C(O)c1ncnn1-c1ccccc1Cl. The number of carboxylic acids is 1. The molecule has 0 aliphatic rings. The number of carboxylic acid groups (broad SMARTS) is 1. The topological polar surface area (TPSA) is 68.0 Å². The van der Waals surface area contributed by atoms with E-state index in [9.17, 15) is 4.79 Å².